The number of hydrogen-bond acceptors (Lipinski definition) is 5. The Kier molecular flexibility index (Phi) is 3.73. The first kappa shape index (κ1) is 18.1. The van der Waals surface area contributed by atoms with Crippen LogP contribution in [0.25, 0.3) is 10.9 Å². The second kappa shape index (κ2) is 6.00. The van der Waals surface area contributed by atoms with E-state index < -0.39 is 24.3 Å². The molecule has 0 aliphatic carbocycles. The van der Waals surface area contributed by atoms with E-state index in [-0.39, 0.29) is 6.79 Å². The highest BCUT2D eigenvalue weighted by Gasteiger charge is 2.71. The first-order chi connectivity index (χ1) is 13.8. The largest absolute Gasteiger partial charge is 0.454 e. The van der Waals surface area contributed by atoms with E-state index in [1.165, 1.54) is 0 Å². The molecule has 0 spiro atoms. The van der Waals surface area contributed by atoms with E-state index >= 15 is 0 Å². The van der Waals surface area contributed by atoms with E-state index in [0.717, 1.165) is 0 Å². The molecule has 1 aromatic heterocycles. The number of alkyl halides is 3. The number of pyridine rings is 1. The molecular formula is C21H17F3N2O3. The van der Waals surface area contributed by atoms with Gasteiger partial charge in [0, 0.05) is 22.3 Å². The topological polar surface area (TPSA) is 69.9 Å². The van der Waals surface area contributed by atoms with E-state index in [2.05, 4.69) is 4.98 Å². The quantitative estimate of drug-likeness (QED) is 0.522. The Morgan fingerprint density at radius 2 is 1.86 bits per heavy atom. The van der Waals surface area contributed by atoms with Crippen LogP contribution in [-0.4, -0.2) is 30.2 Å². The van der Waals surface area contributed by atoms with Gasteiger partial charge in [-0.1, -0.05) is 18.2 Å². The fourth-order valence-electron chi connectivity index (χ4n) is 4.04. The number of epoxide rings is 1. The molecule has 150 valence electrons. The first-order valence-electron chi connectivity index (χ1n) is 9.07. The summed E-state index contributed by atoms with van der Waals surface area (Å²) in [5.41, 5.74) is 6.03. The molecule has 2 aliphatic rings. The van der Waals surface area contributed by atoms with Crippen LogP contribution in [0.3, 0.4) is 0 Å². The molecule has 2 unspecified atom stereocenters. The zero-order valence-corrected chi connectivity index (χ0v) is 15.4. The third kappa shape index (κ3) is 2.62. The molecule has 0 saturated carbocycles. The van der Waals surface area contributed by atoms with Gasteiger partial charge in [0.2, 0.25) is 6.79 Å². The van der Waals surface area contributed by atoms with Gasteiger partial charge >= 0.3 is 6.18 Å². The number of aryl methyl sites for hydroxylation is 1. The molecule has 3 heterocycles. The van der Waals surface area contributed by atoms with Gasteiger partial charge in [-0.25, -0.2) is 0 Å². The summed E-state index contributed by atoms with van der Waals surface area (Å²) >= 11 is 0. The van der Waals surface area contributed by atoms with Crippen molar-refractivity contribution < 1.29 is 27.4 Å². The number of nitrogen functional groups attached to an aromatic ring is 1. The highest BCUT2D eigenvalue weighted by molar-refractivity contribution is 5.91. The molecule has 5 rings (SSSR count). The Hall–Kier alpha value is -3.00. The van der Waals surface area contributed by atoms with Gasteiger partial charge in [-0.15, -0.1) is 0 Å². The standard InChI is InChI=1S/C21H17F3N2O3/c1-11-13(8-14-15(25)5-3-6-16(14)26-11)18(20(9-29-20)21(22,23)24)12-4-2-7-17-19(12)28-10-27-17/h2-8,18H,9-10,25H2,1H3. The Morgan fingerprint density at radius 1 is 1.10 bits per heavy atom. The zero-order valence-electron chi connectivity index (χ0n) is 15.4. The summed E-state index contributed by atoms with van der Waals surface area (Å²) in [5, 5.41) is 0.598. The van der Waals surface area contributed by atoms with Crippen molar-refractivity contribution in [3.63, 3.8) is 0 Å². The second-order valence-electron chi connectivity index (χ2n) is 7.27. The number of fused-ring (bicyclic) bond motifs is 2. The van der Waals surface area contributed by atoms with Crippen LogP contribution in [0.5, 0.6) is 11.5 Å². The van der Waals surface area contributed by atoms with Gasteiger partial charge in [0.1, 0.15) is 0 Å². The summed E-state index contributed by atoms with van der Waals surface area (Å²) in [6.45, 7) is 1.21. The number of hydrogen-bond donors (Lipinski definition) is 1. The van der Waals surface area contributed by atoms with Crippen molar-refractivity contribution in [2.75, 3.05) is 19.1 Å². The number of anilines is 1. The number of ether oxygens (including phenoxy) is 3. The first-order valence-corrected chi connectivity index (χ1v) is 9.07. The minimum Gasteiger partial charge on any atom is -0.454 e. The fourth-order valence-corrected chi connectivity index (χ4v) is 4.04. The molecule has 29 heavy (non-hydrogen) atoms. The predicted molar refractivity (Wildman–Crippen MR) is 100 cm³/mol. The van der Waals surface area contributed by atoms with Crippen LogP contribution < -0.4 is 15.2 Å². The molecule has 0 bridgehead atoms. The van der Waals surface area contributed by atoms with Gasteiger partial charge < -0.3 is 19.9 Å². The molecule has 1 fully saturated rings. The van der Waals surface area contributed by atoms with Gasteiger partial charge in [-0.05, 0) is 36.8 Å². The Morgan fingerprint density at radius 3 is 2.59 bits per heavy atom. The van der Waals surface area contributed by atoms with Gasteiger partial charge in [-0.2, -0.15) is 13.2 Å². The molecule has 1 saturated heterocycles. The average Bonchev–Trinajstić information content (AvgIpc) is 3.33. The van der Waals surface area contributed by atoms with Gasteiger partial charge in [0.25, 0.3) is 0 Å². The van der Waals surface area contributed by atoms with Crippen molar-refractivity contribution in [2.45, 2.75) is 24.6 Å². The summed E-state index contributed by atoms with van der Waals surface area (Å²) in [5.74, 6) is -0.454. The van der Waals surface area contributed by atoms with Crippen molar-refractivity contribution >= 4 is 16.6 Å². The third-order valence-corrected chi connectivity index (χ3v) is 5.57. The van der Waals surface area contributed by atoms with Crippen LogP contribution in [0.4, 0.5) is 18.9 Å². The lowest BCUT2D eigenvalue weighted by molar-refractivity contribution is -0.187. The third-order valence-electron chi connectivity index (χ3n) is 5.57. The number of rotatable bonds is 3. The maximum absolute atomic E-state index is 14.2. The van der Waals surface area contributed by atoms with Gasteiger partial charge in [-0.3, -0.25) is 4.98 Å². The number of benzene rings is 2. The average molecular weight is 402 g/mol. The van der Waals surface area contributed by atoms with Crippen LogP contribution >= 0.6 is 0 Å². The maximum atomic E-state index is 14.2. The Bertz CT molecular complexity index is 1130. The smallest absolute Gasteiger partial charge is 0.420 e. The predicted octanol–water partition coefficient (Wildman–Crippen LogP) is 4.32. The lowest BCUT2D eigenvalue weighted by Gasteiger charge is -2.29. The number of para-hydroxylation sites is 1. The summed E-state index contributed by atoms with van der Waals surface area (Å²) in [6.07, 6.45) is -4.58. The molecule has 2 aliphatic heterocycles. The minimum absolute atomic E-state index is 0.0408. The van der Waals surface area contributed by atoms with Crippen molar-refractivity contribution in [3.05, 3.63) is 59.3 Å². The molecule has 3 aromatic rings. The van der Waals surface area contributed by atoms with Crippen LogP contribution in [0.2, 0.25) is 0 Å². The van der Waals surface area contributed by atoms with Gasteiger partial charge in [0.05, 0.1) is 18.0 Å². The van der Waals surface area contributed by atoms with E-state index in [0.29, 0.717) is 44.9 Å². The van der Waals surface area contributed by atoms with E-state index in [1.54, 1.807) is 49.4 Å². The highest BCUT2D eigenvalue weighted by atomic mass is 19.4. The molecule has 5 nitrogen and oxygen atoms in total. The second-order valence-corrected chi connectivity index (χ2v) is 7.27. The summed E-state index contributed by atoms with van der Waals surface area (Å²) in [6, 6.07) is 11.9. The lowest BCUT2D eigenvalue weighted by atomic mass is 9.78. The number of nitrogens with zero attached hydrogens (tertiary/aromatic N) is 1. The summed E-state index contributed by atoms with van der Waals surface area (Å²) in [7, 11) is 0. The molecule has 2 N–H and O–H groups in total. The van der Waals surface area contributed by atoms with Crippen LogP contribution in [0.1, 0.15) is 22.7 Å². The van der Waals surface area contributed by atoms with E-state index in [4.69, 9.17) is 19.9 Å². The van der Waals surface area contributed by atoms with Crippen molar-refractivity contribution in [1.29, 1.82) is 0 Å². The van der Waals surface area contributed by atoms with Crippen LogP contribution in [0, 0.1) is 6.92 Å². The van der Waals surface area contributed by atoms with Crippen molar-refractivity contribution in [2.24, 2.45) is 0 Å². The number of halogens is 3. The molecule has 8 heteroatoms. The monoisotopic (exact) mass is 402 g/mol. The minimum atomic E-state index is -4.58. The fraction of sp³-hybridized carbons (Fsp3) is 0.286. The highest BCUT2D eigenvalue weighted by Crippen LogP contribution is 2.58. The van der Waals surface area contributed by atoms with Crippen LogP contribution in [0.15, 0.2) is 42.5 Å². The molecule has 0 amide bonds. The Labute approximate surface area is 164 Å². The van der Waals surface area contributed by atoms with Gasteiger partial charge in [0.15, 0.2) is 17.1 Å². The SMILES string of the molecule is Cc1nc2cccc(N)c2cc1C(c1cccc2c1OCO2)C1(C(F)(F)F)CO1. The molecule has 2 aromatic carbocycles. The Balaban J connectivity index is 1.79. The zero-order chi connectivity index (χ0) is 20.4. The molecular weight excluding hydrogens is 385 g/mol. The molecule has 0 radical (unpaired) electrons. The number of aromatic nitrogens is 1. The lowest BCUT2D eigenvalue weighted by Crippen LogP contribution is -2.40. The summed E-state index contributed by atoms with van der Waals surface area (Å²) in [4.78, 5) is 4.52. The normalized spacial score (nSPS) is 21.4. The van der Waals surface area contributed by atoms with Crippen LogP contribution in [-0.2, 0) is 4.74 Å². The number of nitrogens with two attached hydrogens (primary N) is 1. The maximum Gasteiger partial charge on any atom is 0.420 e. The summed E-state index contributed by atoms with van der Waals surface area (Å²) < 4.78 is 58.5. The van der Waals surface area contributed by atoms with E-state index in [1.807, 2.05) is 0 Å². The van der Waals surface area contributed by atoms with Crippen molar-refractivity contribution in [1.82, 2.24) is 4.98 Å². The van der Waals surface area contributed by atoms with Crippen molar-refractivity contribution in [3.8, 4) is 11.5 Å². The van der Waals surface area contributed by atoms with E-state index in [9.17, 15) is 13.2 Å². The molecule has 2 atom stereocenters.